The lowest BCUT2D eigenvalue weighted by Crippen LogP contribution is -2.34. The average molecular weight is 375 g/mol. The summed E-state index contributed by atoms with van der Waals surface area (Å²) in [7, 11) is 0. The standard InChI is InChI=1S/C22H25N5O/c1-4-13-27(15-21(28)25-19-8-6-5-7-16(19)2)20-14-17(3)24-22(26-20)18-9-11-23-12-10-18/h5-12,14H,4,13,15H2,1-3H3,(H,25,28). The maximum absolute atomic E-state index is 12.7. The molecule has 6 heteroatoms. The Balaban J connectivity index is 1.83. The van der Waals surface area contributed by atoms with Gasteiger partial charge in [-0.05, 0) is 44.0 Å². The average Bonchev–Trinajstić information content (AvgIpc) is 2.69. The van der Waals surface area contributed by atoms with Crippen molar-refractivity contribution in [2.45, 2.75) is 27.2 Å². The summed E-state index contributed by atoms with van der Waals surface area (Å²) in [6.07, 6.45) is 4.35. The second-order valence-corrected chi connectivity index (χ2v) is 6.71. The second kappa shape index (κ2) is 9.08. The molecular formula is C22H25N5O. The van der Waals surface area contributed by atoms with Gasteiger partial charge in [0.25, 0.3) is 0 Å². The van der Waals surface area contributed by atoms with Crippen molar-refractivity contribution < 1.29 is 4.79 Å². The van der Waals surface area contributed by atoms with Crippen LogP contribution in [-0.2, 0) is 4.79 Å². The number of aryl methyl sites for hydroxylation is 2. The molecule has 0 spiro atoms. The van der Waals surface area contributed by atoms with Gasteiger partial charge in [0, 0.05) is 41.9 Å². The SMILES string of the molecule is CCCN(CC(=O)Nc1ccccc1C)c1cc(C)nc(-c2ccncc2)n1. The third-order valence-corrected chi connectivity index (χ3v) is 4.35. The van der Waals surface area contributed by atoms with Crippen molar-refractivity contribution in [3.63, 3.8) is 0 Å². The monoisotopic (exact) mass is 375 g/mol. The number of anilines is 2. The molecule has 1 amide bonds. The number of para-hydroxylation sites is 1. The van der Waals surface area contributed by atoms with E-state index in [-0.39, 0.29) is 12.5 Å². The van der Waals surface area contributed by atoms with Crippen LogP contribution >= 0.6 is 0 Å². The fraction of sp³-hybridized carbons (Fsp3) is 0.273. The van der Waals surface area contributed by atoms with Gasteiger partial charge in [-0.25, -0.2) is 9.97 Å². The highest BCUT2D eigenvalue weighted by molar-refractivity contribution is 5.94. The van der Waals surface area contributed by atoms with Gasteiger partial charge >= 0.3 is 0 Å². The fourth-order valence-corrected chi connectivity index (χ4v) is 2.96. The van der Waals surface area contributed by atoms with Crippen molar-refractivity contribution in [3.05, 3.63) is 66.1 Å². The number of hydrogen-bond donors (Lipinski definition) is 1. The number of amides is 1. The van der Waals surface area contributed by atoms with Gasteiger partial charge in [0.15, 0.2) is 5.82 Å². The molecule has 144 valence electrons. The summed E-state index contributed by atoms with van der Waals surface area (Å²) in [5.41, 5.74) is 3.63. The molecule has 0 fully saturated rings. The van der Waals surface area contributed by atoms with Gasteiger partial charge in [0.2, 0.25) is 5.91 Å². The number of nitrogens with one attached hydrogen (secondary N) is 1. The molecule has 0 radical (unpaired) electrons. The van der Waals surface area contributed by atoms with E-state index in [0.29, 0.717) is 5.82 Å². The number of carbonyl (C=O) groups is 1. The molecule has 2 aromatic heterocycles. The first-order valence-corrected chi connectivity index (χ1v) is 9.43. The zero-order valence-corrected chi connectivity index (χ0v) is 16.5. The number of hydrogen-bond acceptors (Lipinski definition) is 5. The van der Waals surface area contributed by atoms with Crippen molar-refractivity contribution in [1.82, 2.24) is 15.0 Å². The molecule has 3 rings (SSSR count). The lowest BCUT2D eigenvalue weighted by molar-refractivity contribution is -0.115. The van der Waals surface area contributed by atoms with Gasteiger partial charge < -0.3 is 10.2 Å². The van der Waals surface area contributed by atoms with E-state index in [2.05, 4.69) is 22.2 Å². The first-order chi connectivity index (χ1) is 13.6. The summed E-state index contributed by atoms with van der Waals surface area (Å²) >= 11 is 0. The van der Waals surface area contributed by atoms with Gasteiger partial charge in [0.1, 0.15) is 5.82 Å². The zero-order valence-electron chi connectivity index (χ0n) is 16.5. The zero-order chi connectivity index (χ0) is 19.9. The smallest absolute Gasteiger partial charge is 0.243 e. The van der Waals surface area contributed by atoms with E-state index in [1.165, 1.54) is 0 Å². The molecule has 6 nitrogen and oxygen atoms in total. The summed E-state index contributed by atoms with van der Waals surface area (Å²) in [5, 5.41) is 3.00. The molecule has 2 heterocycles. The highest BCUT2D eigenvalue weighted by Gasteiger charge is 2.15. The Hall–Kier alpha value is -3.28. The third-order valence-electron chi connectivity index (χ3n) is 4.35. The Morgan fingerprint density at radius 1 is 1.07 bits per heavy atom. The minimum atomic E-state index is -0.0653. The normalized spacial score (nSPS) is 10.5. The summed E-state index contributed by atoms with van der Waals surface area (Å²) in [4.78, 5) is 27.9. The molecule has 0 bridgehead atoms. The van der Waals surface area contributed by atoms with Crippen LogP contribution in [0.5, 0.6) is 0 Å². The highest BCUT2D eigenvalue weighted by Crippen LogP contribution is 2.20. The van der Waals surface area contributed by atoms with E-state index in [1.54, 1.807) is 12.4 Å². The van der Waals surface area contributed by atoms with Crippen molar-refractivity contribution in [1.29, 1.82) is 0 Å². The second-order valence-electron chi connectivity index (χ2n) is 6.71. The topological polar surface area (TPSA) is 71.0 Å². The molecule has 0 saturated carbocycles. The molecule has 0 aliphatic rings. The Kier molecular flexibility index (Phi) is 6.32. The molecule has 0 aliphatic heterocycles. The maximum Gasteiger partial charge on any atom is 0.243 e. The molecule has 1 aromatic carbocycles. The first-order valence-electron chi connectivity index (χ1n) is 9.43. The minimum absolute atomic E-state index is 0.0653. The van der Waals surface area contributed by atoms with Crippen LogP contribution in [0.15, 0.2) is 54.9 Å². The van der Waals surface area contributed by atoms with Crippen LogP contribution in [0.25, 0.3) is 11.4 Å². The molecular weight excluding hydrogens is 350 g/mol. The molecule has 0 atom stereocenters. The van der Waals surface area contributed by atoms with Crippen molar-refractivity contribution in [2.24, 2.45) is 0 Å². The van der Waals surface area contributed by atoms with E-state index in [9.17, 15) is 4.79 Å². The fourth-order valence-electron chi connectivity index (χ4n) is 2.96. The Morgan fingerprint density at radius 3 is 2.54 bits per heavy atom. The van der Waals surface area contributed by atoms with Gasteiger partial charge in [-0.2, -0.15) is 0 Å². The van der Waals surface area contributed by atoms with Crippen LogP contribution in [0, 0.1) is 13.8 Å². The molecule has 0 aliphatic carbocycles. The largest absolute Gasteiger partial charge is 0.347 e. The van der Waals surface area contributed by atoms with E-state index >= 15 is 0 Å². The van der Waals surface area contributed by atoms with Crippen LogP contribution in [0.3, 0.4) is 0 Å². The van der Waals surface area contributed by atoms with Crippen LogP contribution in [0.4, 0.5) is 11.5 Å². The molecule has 0 unspecified atom stereocenters. The quantitative estimate of drug-likeness (QED) is 0.676. The Labute approximate surface area is 165 Å². The van der Waals surface area contributed by atoms with Gasteiger partial charge in [-0.1, -0.05) is 25.1 Å². The number of pyridine rings is 1. The Morgan fingerprint density at radius 2 is 1.82 bits per heavy atom. The van der Waals surface area contributed by atoms with E-state index in [4.69, 9.17) is 4.98 Å². The van der Waals surface area contributed by atoms with E-state index < -0.39 is 0 Å². The molecule has 3 aromatic rings. The third kappa shape index (κ3) is 4.91. The first kappa shape index (κ1) is 19.5. The summed E-state index contributed by atoms with van der Waals surface area (Å²) in [5.74, 6) is 1.32. The minimum Gasteiger partial charge on any atom is -0.347 e. The van der Waals surface area contributed by atoms with E-state index in [1.807, 2.05) is 61.2 Å². The lowest BCUT2D eigenvalue weighted by Gasteiger charge is -2.23. The van der Waals surface area contributed by atoms with Crippen molar-refractivity contribution >= 4 is 17.4 Å². The maximum atomic E-state index is 12.7. The molecule has 28 heavy (non-hydrogen) atoms. The summed E-state index contributed by atoms with van der Waals surface area (Å²) < 4.78 is 0. The molecule has 0 saturated heterocycles. The predicted octanol–water partition coefficient (Wildman–Crippen LogP) is 4.01. The van der Waals surface area contributed by atoms with E-state index in [0.717, 1.165) is 41.3 Å². The number of carbonyl (C=O) groups excluding carboxylic acids is 1. The van der Waals surface area contributed by atoms with Crippen molar-refractivity contribution in [3.8, 4) is 11.4 Å². The number of rotatable bonds is 7. The van der Waals surface area contributed by atoms with Gasteiger partial charge in [0.05, 0.1) is 6.54 Å². The van der Waals surface area contributed by atoms with Crippen LogP contribution in [-0.4, -0.2) is 33.9 Å². The van der Waals surface area contributed by atoms with Gasteiger partial charge in [-0.3, -0.25) is 9.78 Å². The highest BCUT2D eigenvalue weighted by atomic mass is 16.2. The number of nitrogens with zero attached hydrogens (tertiary/aromatic N) is 4. The van der Waals surface area contributed by atoms with Crippen LogP contribution in [0.2, 0.25) is 0 Å². The summed E-state index contributed by atoms with van der Waals surface area (Å²) in [6.45, 7) is 6.97. The van der Waals surface area contributed by atoms with Crippen LogP contribution < -0.4 is 10.2 Å². The van der Waals surface area contributed by atoms with Crippen LogP contribution in [0.1, 0.15) is 24.6 Å². The lowest BCUT2D eigenvalue weighted by atomic mass is 10.2. The Bertz CT molecular complexity index is 943. The predicted molar refractivity (Wildman–Crippen MR) is 112 cm³/mol. The number of aromatic nitrogens is 3. The molecule has 1 N–H and O–H groups in total. The van der Waals surface area contributed by atoms with Gasteiger partial charge in [-0.15, -0.1) is 0 Å². The summed E-state index contributed by atoms with van der Waals surface area (Å²) in [6, 6.07) is 13.4. The number of benzene rings is 1. The van der Waals surface area contributed by atoms with Crippen molar-refractivity contribution in [2.75, 3.05) is 23.3 Å².